The number of alkyl halides is 2. The third-order valence-electron chi connectivity index (χ3n) is 3.10. The Morgan fingerprint density at radius 1 is 1.24 bits per heavy atom. The molecule has 0 radical (unpaired) electrons. The molecule has 1 atom stereocenters. The molecule has 17 heavy (non-hydrogen) atoms. The number of carboxylic acid groups (broad SMARTS) is 1. The van der Waals surface area contributed by atoms with Crippen LogP contribution in [0.15, 0.2) is 0 Å². The molecule has 0 spiro atoms. The Kier molecular flexibility index (Phi) is 9.01. The van der Waals surface area contributed by atoms with Gasteiger partial charge in [0.15, 0.2) is 0 Å². The van der Waals surface area contributed by atoms with Crippen LogP contribution in [0.2, 0.25) is 0 Å². The van der Waals surface area contributed by atoms with Crippen molar-refractivity contribution in [3.63, 3.8) is 0 Å². The molecule has 0 bridgehead atoms. The Bertz CT molecular complexity index is 222. The number of aliphatic hydroxyl groups is 1. The smallest absolute Gasteiger partial charge is 0.304 e. The number of aliphatic hydroxyl groups excluding tert-OH is 1. The number of rotatable bonds is 10. The number of carbonyl (C=O) groups is 1. The number of unbranched alkanes of at least 4 members (excludes halogenated alkanes) is 3. The zero-order valence-corrected chi connectivity index (χ0v) is 11.8. The van der Waals surface area contributed by atoms with Crippen LogP contribution in [-0.4, -0.2) is 27.6 Å². The van der Waals surface area contributed by atoms with Crippen LogP contribution in [0.25, 0.3) is 0 Å². The highest BCUT2D eigenvalue weighted by molar-refractivity contribution is 6.44. The van der Waals surface area contributed by atoms with E-state index < -0.39 is 16.2 Å². The molecule has 0 aliphatic carbocycles. The van der Waals surface area contributed by atoms with E-state index in [1.165, 1.54) is 0 Å². The van der Waals surface area contributed by atoms with Crippen LogP contribution >= 0.6 is 23.2 Å². The summed E-state index contributed by atoms with van der Waals surface area (Å²) in [5.41, 5.74) is -0.697. The molecule has 0 aromatic rings. The number of aliphatic carboxylic acids is 1. The molecule has 0 aromatic heterocycles. The Balaban J connectivity index is 4.48. The van der Waals surface area contributed by atoms with E-state index in [-0.39, 0.29) is 13.0 Å². The Hall–Kier alpha value is 0.01000. The van der Waals surface area contributed by atoms with Gasteiger partial charge in [-0.1, -0.05) is 32.6 Å². The maximum Gasteiger partial charge on any atom is 0.304 e. The summed E-state index contributed by atoms with van der Waals surface area (Å²) in [4.78, 5) is 10.1. The molecule has 2 N–H and O–H groups in total. The number of hydrogen-bond acceptors (Lipinski definition) is 2. The van der Waals surface area contributed by atoms with E-state index in [1.807, 2.05) is 0 Å². The molecule has 1 unspecified atom stereocenters. The fraction of sp³-hybridized carbons (Fsp3) is 0.917. The molecule has 5 heteroatoms. The van der Waals surface area contributed by atoms with Crippen molar-refractivity contribution in [2.24, 2.45) is 5.41 Å². The highest BCUT2D eigenvalue weighted by atomic mass is 35.5. The third kappa shape index (κ3) is 6.49. The molecule has 0 heterocycles. The second-order valence-electron chi connectivity index (χ2n) is 4.52. The minimum Gasteiger partial charge on any atom is -0.481 e. The van der Waals surface area contributed by atoms with Gasteiger partial charge in [-0.05, 0) is 12.8 Å². The largest absolute Gasteiger partial charge is 0.481 e. The molecular weight excluding hydrogens is 263 g/mol. The first-order chi connectivity index (χ1) is 7.98. The number of hydrogen-bond donors (Lipinski definition) is 2. The average molecular weight is 285 g/mol. The van der Waals surface area contributed by atoms with E-state index in [0.717, 1.165) is 25.7 Å². The summed E-state index contributed by atoms with van der Waals surface area (Å²) in [6, 6.07) is 0. The van der Waals surface area contributed by atoms with Gasteiger partial charge < -0.3 is 10.2 Å². The van der Waals surface area contributed by atoms with Crippen LogP contribution in [0.4, 0.5) is 0 Å². The maximum atomic E-state index is 10.9. The van der Waals surface area contributed by atoms with Gasteiger partial charge in [0, 0.05) is 12.0 Å². The molecule has 0 fully saturated rings. The summed E-state index contributed by atoms with van der Waals surface area (Å²) in [6.45, 7) is 2.03. The molecule has 0 rings (SSSR count). The summed E-state index contributed by atoms with van der Waals surface area (Å²) in [6.07, 6.45) is 5.09. The first-order valence-corrected chi connectivity index (χ1v) is 6.96. The average Bonchev–Trinajstić information content (AvgIpc) is 2.23. The van der Waals surface area contributed by atoms with Gasteiger partial charge in [-0.25, -0.2) is 0 Å². The van der Waals surface area contributed by atoms with Crippen molar-refractivity contribution in [2.45, 2.75) is 56.7 Å². The van der Waals surface area contributed by atoms with Crippen LogP contribution in [-0.2, 0) is 4.79 Å². The van der Waals surface area contributed by atoms with Crippen molar-refractivity contribution in [3.8, 4) is 0 Å². The van der Waals surface area contributed by atoms with Crippen molar-refractivity contribution in [2.75, 3.05) is 6.61 Å². The summed E-state index contributed by atoms with van der Waals surface area (Å²) < 4.78 is 0. The van der Waals surface area contributed by atoms with Gasteiger partial charge in [0.1, 0.15) is 4.84 Å². The Morgan fingerprint density at radius 2 is 1.88 bits per heavy atom. The van der Waals surface area contributed by atoms with E-state index in [9.17, 15) is 4.79 Å². The lowest BCUT2D eigenvalue weighted by molar-refractivity contribution is -0.140. The van der Waals surface area contributed by atoms with Crippen molar-refractivity contribution in [1.82, 2.24) is 0 Å². The molecule has 0 amide bonds. The monoisotopic (exact) mass is 284 g/mol. The Morgan fingerprint density at radius 3 is 2.29 bits per heavy atom. The van der Waals surface area contributed by atoms with Crippen molar-refractivity contribution < 1.29 is 15.0 Å². The fourth-order valence-electron chi connectivity index (χ4n) is 2.02. The fourth-order valence-corrected chi connectivity index (χ4v) is 2.62. The van der Waals surface area contributed by atoms with Crippen LogP contribution in [0.3, 0.4) is 0 Å². The van der Waals surface area contributed by atoms with E-state index >= 15 is 0 Å². The minimum absolute atomic E-state index is 0.0860. The molecule has 3 nitrogen and oxygen atoms in total. The van der Waals surface area contributed by atoms with Gasteiger partial charge in [0.2, 0.25) is 0 Å². The molecule has 0 aliphatic rings. The molecular formula is C12H22Cl2O3. The topological polar surface area (TPSA) is 57.5 Å². The minimum atomic E-state index is -0.916. The molecule has 0 saturated carbocycles. The quantitative estimate of drug-likeness (QED) is 0.476. The summed E-state index contributed by atoms with van der Waals surface area (Å²) in [5, 5.41) is 18.0. The SMILES string of the molecule is CCCCCCC(CCO)(CC(=O)O)C(Cl)Cl. The lowest BCUT2D eigenvalue weighted by Crippen LogP contribution is -2.32. The highest BCUT2D eigenvalue weighted by Gasteiger charge is 2.38. The van der Waals surface area contributed by atoms with Crippen molar-refractivity contribution in [3.05, 3.63) is 0 Å². The first-order valence-electron chi connectivity index (χ1n) is 6.09. The van der Waals surface area contributed by atoms with Crippen LogP contribution in [0.5, 0.6) is 0 Å². The number of halogens is 2. The number of carboxylic acids is 1. The lowest BCUT2D eigenvalue weighted by Gasteiger charge is -2.33. The lowest BCUT2D eigenvalue weighted by atomic mass is 9.78. The zero-order chi connectivity index (χ0) is 13.3. The van der Waals surface area contributed by atoms with Gasteiger partial charge in [0.25, 0.3) is 0 Å². The second kappa shape index (κ2) is 9.01. The van der Waals surface area contributed by atoms with Crippen LogP contribution in [0, 0.1) is 5.41 Å². The molecule has 0 aliphatic heterocycles. The van der Waals surface area contributed by atoms with Crippen LogP contribution < -0.4 is 0 Å². The van der Waals surface area contributed by atoms with Gasteiger partial charge in [-0.15, -0.1) is 23.2 Å². The first kappa shape index (κ1) is 17.0. The summed E-state index contributed by atoms with van der Waals surface area (Å²) in [7, 11) is 0. The maximum absolute atomic E-state index is 10.9. The van der Waals surface area contributed by atoms with Gasteiger partial charge in [-0.2, -0.15) is 0 Å². The normalized spacial score (nSPS) is 14.9. The van der Waals surface area contributed by atoms with E-state index in [4.69, 9.17) is 33.4 Å². The van der Waals surface area contributed by atoms with E-state index in [0.29, 0.717) is 12.8 Å². The van der Waals surface area contributed by atoms with E-state index in [1.54, 1.807) is 0 Å². The van der Waals surface area contributed by atoms with Gasteiger partial charge in [0.05, 0.1) is 6.42 Å². The predicted molar refractivity (Wildman–Crippen MR) is 70.6 cm³/mol. The van der Waals surface area contributed by atoms with Crippen molar-refractivity contribution in [1.29, 1.82) is 0 Å². The van der Waals surface area contributed by atoms with Crippen molar-refractivity contribution >= 4 is 29.2 Å². The predicted octanol–water partition coefficient (Wildman–Crippen LogP) is 3.60. The summed E-state index contributed by atoms with van der Waals surface area (Å²) in [5.74, 6) is -0.916. The van der Waals surface area contributed by atoms with Gasteiger partial charge in [-0.3, -0.25) is 4.79 Å². The second-order valence-corrected chi connectivity index (χ2v) is 5.61. The van der Waals surface area contributed by atoms with E-state index in [2.05, 4.69) is 6.92 Å². The standard InChI is InChI=1S/C12H22Cl2O3/c1-2-3-4-5-6-12(7-8-15,11(13)14)9-10(16)17/h11,15H,2-9H2,1H3,(H,16,17). The zero-order valence-electron chi connectivity index (χ0n) is 10.3. The summed E-state index contributed by atoms with van der Waals surface area (Å²) >= 11 is 11.9. The van der Waals surface area contributed by atoms with Crippen LogP contribution in [0.1, 0.15) is 51.9 Å². The highest BCUT2D eigenvalue weighted by Crippen LogP contribution is 2.41. The Labute approximate surface area is 113 Å². The third-order valence-corrected chi connectivity index (χ3v) is 4.03. The van der Waals surface area contributed by atoms with Gasteiger partial charge >= 0.3 is 5.97 Å². The molecule has 0 saturated heterocycles. The molecule has 0 aromatic carbocycles. The molecule has 102 valence electrons.